The molecule has 0 amide bonds. The molecule has 2 heterocycles. The van der Waals surface area contributed by atoms with Gasteiger partial charge in [0.05, 0.1) is 19.1 Å². The van der Waals surface area contributed by atoms with Crippen LogP contribution < -0.4 is 10.3 Å². The molecule has 0 N–H and O–H groups in total. The third-order valence-corrected chi connectivity index (χ3v) is 5.62. The predicted molar refractivity (Wildman–Crippen MR) is 116 cm³/mol. The number of methoxy groups -OCH3 is 1. The molecule has 1 atom stereocenters. The Kier molecular flexibility index (Phi) is 6.37. The lowest BCUT2D eigenvalue weighted by Gasteiger charge is -2.20. The average molecular weight is 415 g/mol. The summed E-state index contributed by atoms with van der Waals surface area (Å²) in [6.07, 6.45) is 0.451. The Bertz CT molecular complexity index is 1070. The molecule has 0 radical (unpaired) electrons. The van der Waals surface area contributed by atoms with E-state index in [2.05, 4.69) is 4.98 Å². The molecule has 0 spiro atoms. The lowest BCUT2D eigenvalue weighted by Crippen LogP contribution is -2.33. The molecule has 3 aromatic rings. The topological polar surface area (TPSA) is 70.4 Å². The third-order valence-electron chi connectivity index (χ3n) is 4.75. The number of fused-ring (bicyclic) bond motifs is 1. The van der Waals surface area contributed by atoms with Gasteiger partial charge in [0.2, 0.25) is 0 Å². The number of ether oxygens (including phenoxy) is 2. The average Bonchev–Trinajstić information content (AvgIpc) is 3.13. The Morgan fingerprint density at radius 2 is 1.93 bits per heavy atom. The maximum absolute atomic E-state index is 13.5. The van der Waals surface area contributed by atoms with Crippen LogP contribution in [-0.4, -0.2) is 29.2 Å². The SMILES string of the molecule is CCC(C(=O)OCC(C)C)n1c(C)nc2scc(-c3ccc(OC)cc3)c2c1=O. The van der Waals surface area contributed by atoms with Gasteiger partial charge in [0.25, 0.3) is 5.56 Å². The molecule has 0 bridgehead atoms. The Balaban J connectivity index is 2.11. The molecule has 7 heteroatoms. The summed E-state index contributed by atoms with van der Waals surface area (Å²) >= 11 is 1.43. The van der Waals surface area contributed by atoms with Gasteiger partial charge in [-0.3, -0.25) is 9.36 Å². The second-order valence-corrected chi connectivity index (χ2v) is 8.20. The molecule has 0 aliphatic heterocycles. The number of carbonyl (C=O) groups is 1. The van der Waals surface area contributed by atoms with Crippen LogP contribution in [0.15, 0.2) is 34.4 Å². The molecule has 1 aromatic carbocycles. The van der Waals surface area contributed by atoms with Crippen molar-refractivity contribution in [2.24, 2.45) is 5.92 Å². The summed E-state index contributed by atoms with van der Waals surface area (Å²) in [7, 11) is 1.61. The Labute approximate surface area is 174 Å². The first-order chi connectivity index (χ1) is 13.9. The van der Waals surface area contributed by atoms with Gasteiger partial charge in [-0.15, -0.1) is 11.3 Å². The highest BCUT2D eigenvalue weighted by Gasteiger charge is 2.26. The van der Waals surface area contributed by atoms with Crippen LogP contribution in [0.3, 0.4) is 0 Å². The second-order valence-electron chi connectivity index (χ2n) is 7.34. The van der Waals surface area contributed by atoms with E-state index in [4.69, 9.17) is 9.47 Å². The highest BCUT2D eigenvalue weighted by molar-refractivity contribution is 7.17. The van der Waals surface area contributed by atoms with Crippen LogP contribution in [-0.2, 0) is 9.53 Å². The van der Waals surface area contributed by atoms with Crippen LogP contribution in [0, 0.1) is 12.8 Å². The van der Waals surface area contributed by atoms with Crippen molar-refractivity contribution in [1.29, 1.82) is 0 Å². The largest absolute Gasteiger partial charge is 0.497 e. The van der Waals surface area contributed by atoms with Gasteiger partial charge in [-0.25, -0.2) is 9.78 Å². The van der Waals surface area contributed by atoms with E-state index in [-0.39, 0.29) is 11.5 Å². The van der Waals surface area contributed by atoms with Crippen molar-refractivity contribution in [3.05, 3.63) is 45.8 Å². The van der Waals surface area contributed by atoms with Crippen molar-refractivity contribution in [2.75, 3.05) is 13.7 Å². The number of hydrogen-bond acceptors (Lipinski definition) is 6. The highest BCUT2D eigenvalue weighted by atomic mass is 32.1. The zero-order valence-corrected chi connectivity index (χ0v) is 18.2. The molecule has 1 unspecified atom stereocenters. The van der Waals surface area contributed by atoms with Gasteiger partial charge in [-0.2, -0.15) is 0 Å². The molecule has 2 aromatic heterocycles. The number of aryl methyl sites for hydroxylation is 1. The summed E-state index contributed by atoms with van der Waals surface area (Å²) in [6.45, 7) is 7.91. The molecule has 0 aliphatic carbocycles. The number of benzene rings is 1. The zero-order chi connectivity index (χ0) is 21.1. The number of nitrogens with zero attached hydrogens (tertiary/aromatic N) is 2. The fourth-order valence-corrected chi connectivity index (χ4v) is 4.24. The normalized spacial score (nSPS) is 12.3. The van der Waals surface area contributed by atoms with Crippen molar-refractivity contribution in [1.82, 2.24) is 9.55 Å². The highest BCUT2D eigenvalue weighted by Crippen LogP contribution is 2.32. The quantitative estimate of drug-likeness (QED) is 0.529. The van der Waals surface area contributed by atoms with E-state index >= 15 is 0 Å². The number of rotatable bonds is 7. The van der Waals surface area contributed by atoms with Crippen LogP contribution in [0.5, 0.6) is 5.75 Å². The van der Waals surface area contributed by atoms with Crippen LogP contribution >= 0.6 is 11.3 Å². The Morgan fingerprint density at radius 3 is 2.52 bits per heavy atom. The van der Waals surface area contributed by atoms with E-state index in [0.717, 1.165) is 16.9 Å². The van der Waals surface area contributed by atoms with Crippen molar-refractivity contribution in [3.8, 4) is 16.9 Å². The minimum absolute atomic E-state index is 0.215. The maximum atomic E-state index is 13.5. The van der Waals surface area contributed by atoms with Crippen LogP contribution in [0.1, 0.15) is 39.1 Å². The predicted octanol–water partition coefficient (Wildman–Crippen LogP) is 4.59. The molecule has 0 fully saturated rings. The standard InChI is InChI=1S/C22H26N2O4S/c1-6-18(22(26)28-11-13(2)3)24-14(4)23-20-19(21(24)25)17(12-29-20)15-7-9-16(27-5)10-8-15/h7-10,12-13,18H,6,11H2,1-5H3. The van der Waals surface area contributed by atoms with Crippen molar-refractivity contribution in [3.63, 3.8) is 0 Å². The smallest absolute Gasteiger partial charge is 0.329 e. The zero-order valence-electron chi connectivity index (χ0n) is 17.4. The van der Waals surface area contributed by atoms with Gasteiger partial charge in [-0.05, 0) is 37.0 Å². The minimum atomic E-state index is -0.693. The Hall–Kier alpha value is -2.67. The molecule has 154 valence electrons. The van der Waals surface area contributed by atoms with Gasteiger partial charge in [0, 0.05) is 10.9 Å². The molecule has 0 saturated carbocycles. The van der Waals surface area contributed by atoms with Crippen molar-refractivity contribution < 1.29 is 14.3 Å². The van der Waals surface area contributed by atoms with Crippen molar-refractivity contribution in [2.45, 2.75) is 40.2 Å². The fraction of sp³-hybridized carbons (Fsp3) is 0.409. The van der Waals surface area contributed by atoms with Gasteiger partial charge in [-0.1, -0.05) is 32.9 Å². The van der Waals surface area contributed by atoms with Crippen LogP contribution in [0.2, 0.25) is 0 Å². The van der Waals surface area contributed by atoms with Gasteiger partial charge in [0.15, 0.2) is 0 Å². The second kappa shape index (κ2) is 8.78. The summed E-state index contributed by atoms with van der Waals surface area (Å²) in [6, 6.07) is 6.85. The number of thiophene rings is 1. The maximum Gasteiger partial charge on any atom is 0.329 e. The van der Waals surface area contributed by atoms with Gasteiger partial charge >= 0.3 is 5.97 Å². The lowest BCUT2D eigenvalue weighted by molar-refractivity contribution is -0.149. The summed E-state index contributed by atoms with van der Waals surface area (Å²) in [5.74, 6) is 1.10. The first-order valence-electron chi connectivity index (χ1n) is 9.68. The summed E-state index contributed by atoms with van der Waals surface area (Å²) < 4.78 is 12.1. The number of hydrogen-bond donors (Lipinski definition) is 0. The van der Waals surface area contributed by atoms with Crippen LogP contribution in [0.25, 0.3) is 21.3 Å². The molecule has 6 nitrogen and oxygen atoms in total. The Morgan fingerprint density at radius 1 is 1.24 bits per heavy atom. The first kappa shape index (κ1) is 21.0. The van der Waals surface area contributed by atoms with Gasteiger partial charge < -0.3 is 9.47 Å². The van der Waals surface area contributed by atoms with Gasteiger partial charge in [0.1, 0.15) is 22.4 Å². The number of aromatic nitrogens is 2. The van der Waals surface area contributed by atoms with E-state index in [1.807, 2.05) is 50.4 Å². The molecule has 0 aliphatic rings. The monoisotopic (exact) mass is 414 g/mol. The van der Waals surface area contributed by atoms with E-state index in [9.17, 15) is 9.59 Å². The summed E-state index contributed by atoms with van der Waals surface area (Å²) in [5.41, 5.74) is 1.50. The fourth-order valence-electron chi connectivity index (χ4n) is 3.25. The molecule has 29 heavy (non-hydrogen) atoms. The number of carbonyl (C=O) groups excluding carboxylic acids is 1. The third kappa shape index (κ3) is 4.19. The van der Waals surface area contributed by atoms with E-state index in [1.54, 1.807) is 14.0 Å². The van der Waals surface area contributed by atoms with E-state index in [0.29, 0.717) is 29.1 Å². The molecule has 0 saturated heterocycles. The van der Waals surface area contributed by atoms with E-state index in [1.165, 1.54) is 15.9 Å². The summed E-state index contributed by atoms with van der Waals surface area (Å²) in [4.78, 5) is 31.4. The summed E-state index contributed by atoms with van der Waals surface area (Å²) in [5, 5.41) is 2.46. The van der Waals surface area contributed by atoms with Crippen LogP contribution in [0.4, 0.5) is 0 Å². The van der Waals surface area contributed by atoms with E-state index < -0.39 is 12.0 Å². The van der Waals surface area contributed by atoms with Crippen molar-refractivity contribution >= 4 is 27.5 Å². The lowest BCUT2D eigenvalue weighted by atomic mass is 10.1. The molecular formula is C22H26N2O4S. The number of esters is 1. The minimum Gasteiger partial charge on any atom is -0.497 e. The molecule has 3 rings (SSSR count). The molecular weight excluding hydrogens is 388 g/mol. The first-order valence-corrected chi connectivity index (χ1v) is 10.6.